The van der Waals surface area contributed by atoms with Crippen molar-refractivity contribution >= 4 is 20.6 Å². The molecule has 0 bridgehead atoms. The third-order valence-corrected chi connectivity index (χ3v) is 5.22. The number of hydrogen-bond acceptors (Lipinski definition) is 1. The summed E-state index contributed by atoms with van der Waals surface area (Å²) in [7, 11) is 0.338. The first-order chi connectivity index (χ1) is 3.30. The van der Waals surface area contributed by atoms with Crippen LogP contribution in [0, 0.1) is 0 Å². The third kappa shape index (κ3) is 1.33. The van der Waals surface area contributed by atoms with Gasteiger partial charge in [-0.1, -0.05) is 7.92 Å². The average Bonchev–Trinajstić information content (AvgIpc) is 1.91. The van der Waals surface area contributed by atoms with Crippen molar-refractivity contribution < 1.29 is 0 Å². The molecule has 0 spiro atoms. The molecule has 42 valence electrons. The van der Waals surface area contributed by atoms with Crippen molar-refractivity contribution in [1.29, 1.82) is 0 Å². The van der Waals surface area contributed by atoms with E-state index in [1.54, 1.807) is 0 Å². The van der Waals surface area contributed by atoms with Crippen LogP contribution in [0.15, 0.2) is 0 Å². The molecule has 2 unspecified atom stereocenters. The van der Waals surface area contributed by atoms with Gasteiger partial charge in [0.15, 0.2) is 0 Å². The van der Waals surface area contributed by atoms with Gasteiger partial charge in [-0.2, -0.15) is 12.6 Å². The maximum Gasteiger partial charge on any atom is 0.0215 e. The van der Waals surface area contributed by atoms with Crippen molar-refractivity contribution in [3.63, 3.8) is 0 Å². The maximum absolute atomic E-state index is 4.42. The van der Waals surface area contributed by atoms with E-state index in [0.29, 0.717) is 7.92 Å². The van der Waals surface area contributed by atoms with Crippen LogP contribution in [0.4, 0.5) is 0 Å². The number of rotatable bonds is 0. The van der Waals surface area contributed by atoms with E-state index in [-0.39, 0.29) is 0 Å². The fraction of sp³-hybridized carbons (Fsp3) is 1.00. The van der Waals surface area contributed by atoms with E-state index >= 15 is 0 Å². The Labute approximate surface area is 51.8 Å². The normalized spacial score (nSPS) is 42.0. The predicted molar refractivity (Wildman–Crippen MR) is 39.7 cm³/mol. The van der Waals surface area contributed by atoms with E-state index in [1.165, 1.54) is 19.0 Å². The lowest BCUT2D eigenvalue weighted by Gasteiger charge is -2.05. The third-order valence-electron chi connectivity index (χ3n) is 1.48. The molecule has 0 aliphatic carbocycles. The molecule has 0 saturated carbocycles. The van der Waals surface area contributed by atoms with E-state index in [2.05, 4.69) is 19.3 Å². The quantitative estimate of drug-likeness (QED) is 0.381. The van der Waals surface area contributed by atoms with Crippen LogP contribution >= 0.6 is 20.6 Å². The Morgan fingerprint density at radius 2 is 2.43 bits per heavy atom. The Bertz CT molecular complexity index is 57.1. The second-order valence-electron chi connectivity index (χ2n) is 2.10. The van der Waals surface area contributed by atoms with Gasteiger partial charge in [-0.05, 0) is 25.7 Å². The van der Waals surface area contributed by atoms with Crippen LogP contribution in [0.2, 0.25) is 0 Å². The van der Waals surface area contributed by atoms with Crippen LogP contribution in [0.1, 0.15) is 12.8 Å². The van der Waals surface area contributed by atoms with Gasteiger partial charge in [0.2, 0.25) is 0 Å². The average molecular weight is 134 g/mol. The highest BCUT2D eigenvalue weighted by Crippen LogP contribution is 2.48. The molecule has 0 aromatic rings. The monoisotopic (exact) mass is 134 g/mol. The van der Waals surface area contributed by atoms with Gasteiger partial charge >= 0.3 is 0 Å². The summed E-state index contributed by atoms with van der Waals surface area (Å²) in [6.07, 6.45) is 4.26. The highest BCUT2D eigenvalue weighted by atomic mass is 32.1. The Balaban J connectivity index is 2.33. The number of thiol groups is 1. The molecule has 1 aliphatic rings. The lowest BCUT2D eigenvalue weighted by atomic mass is 10.4. The zero-order chi connectivity index (χ0) is 5.28. The van der Waals surface area contributed by atoms with Gasteiger partial charge in [-0.15, -0.1) is 0 Å². The second kappa shape index (κ2) is 2.37. The van der Waals surface area contributed by atoms with Crippen molar-refractivity contribution in [2.75, 3.05) is 12.8 Å². The Kier molecular flexibility index (Phi) is 2.00. The van der Waals surface area contributed by atoms with Gasteiger partial charge < -0.3 is 0 Å². The van der Waals surface area contributed by atoms with Crippen LogP contribution in [-0.2, 0) is 0 Å². The van der Waals surface area contributed by atoms with Crippen molar-refractivity contribution in [2.24, 2.45) is 0 Å². The molecular weight excluding hydrogens is 123 g/mol. The van der Waals surface area contributed by atoms with Gasteiger partial charge in [0.1, 0.15) is 0 Å². The minimum atomic E-state index is 0.338. The van der Waals surface area contributed by atoms with Crippen LogP contribution in [0.5, 0.6) is 0 Å². The van der Waals surface area contributed by atoms with Crippen molar-refractivity contribution in [3.05, 3.63) is 0 Å². The lowest BCUT2D eigenvalue weighted by Crippen LogP contribution is -1.82. The van der Waals surface area contributed by atoms with Crippen molar-refractivity contribution in [2.45, 2.75) is 17.8 Å². The summed E-state index contributed by atoms with van der Waals surface area (Å²) in [6.45, 7) is 2.35. The summed E-state index contributed by atoms with van der Waals surface area (Å²) in [5.41, 5.74) is 0. The molecule has 1 aliphatic heterocycles. The van der Waals surface area contributed by atoms with Gasteiger partial charge in [-0.25, -0.2) is 0 Å². The summed E-state index contributed by atoms with van der Waals surface area (Å²) in [5.74, 6) is 0. The molecule has 0 N–H and O–H groups in total. The molecular formula is C5H11PS. The van der Waals surface area contributed by atoms with Crippen molar-refractivity contribution in [1.82, 2.24) is 0 Å². The Hall–Kier alpha value is 0.780. The SMILES string of the molecule is CP1CCCC1S. The van der Waals surface area contributed by atoms with E-state index in [1.807, 2.05) is 0 Å². The standard InChI is InChI=1S/C5H11PS/c1-6-4-2-3-5(6)7/h5,7H,2-4H2,1H3. The molecule has 0 aromatic heterocycles. The van der Waals surface area contributed by atoms with Crippen LogP contribution in [0.3, 0.4) is 0 Å². The van der Waals surface area contributed by atoms with E-state index in [9.17, 15) is 0 Å². The van der Waals surface area contributed by atoms with Crippen molar-refractivity contribution in [3.8, 4) is 0 Å². The van der Waals surface area contributed by atoms with Gasteiger partial charge in [0, 0.05) is 4.99 Å². The highest BCUT2D eigenvalue weighted by molar-refractivity contribution is 7.90. The van der Waals surface area contributed by atoms with Crippen LogP contribution in [0.25, 0.3) is 0 Å². The first-order valence-electron chi connectivity index (χ1n) is 2.69. The summed E-state index contributed by atoms with van der Waals surface area (Å²) in [5, 5.41) is 0. The predicted octanol–water partition coefficient (Wildman–Crippen LogP) is 2.15. The molecule has 0 aromatic carbocycles. The fourth-order valence-electron chi connectivity index (χ4n) is 0.893. The highest BCUT2D eigenvalue weighted by Gasteiger charge is 2.17. The summed E-state index contributed by atoms with van der Waals surface area (Å²) in [4.78, 5) is 0.773. The first-order valence-corrected chi connectivity index (χ1v) is 5.25. The lowest BCUT2D eigenvalue weighted by molar-refractivity contribution is 0.927. The topological polar surface area (TPSA) is 0 Å². The summed E-state index contributed by atoms with van der Waals surface area (Å²) < 4.78 is 0. The smallest absolute Gasteiger partial charge is 0.0215 e. The Morgan fingerprint density at radius 1 is 1.71 bits per heavy atom. The molecule has 1 fully saturated rings. The largest absolute Gasteiger partial charge is 0.171 e. The van der Waals surface area contributed by atoms with Gasteiger partial charge in [0.05, 0.1) is 0 Å². The molecule has 2 heteroatoms. The fourth-order valence-corrected chi connectivity index (χ4v) is 3.02. The molecule has 0 radical (unpaired) electrons. The molecule has 1 rings (SSSR count). The van der Waals surface area contributed by atoms with Gasteiger partial charge in [-0.3, -0.25) is 0 Å². The zero-order valence-electron chi connectivity index (χ0n) is 4.59. The molecule has 1 heterocycles. The van der Waals surface area contributed by atoms with E-state index < -0.39 is 0 Å². The minimum absolute atomic E-state index is 0.338. The molecule has 1 saturated heterocycles. The summed E-state index contributed by atoms with van der Waals surface area (Å²) >= 11 is 4.42. The van der Waals surface area contributed by atoms with E-state index in [0.717, 1.165) is 4.99 Å². The number of hydrogen-bond donors (Lipinski definition) is 1. The molecule has 7 heavy (non-hydrogen) atoms. The maximum atomic E-state index is 4.42. The van der Waals surface area contributed by atoms with Crippen LogP contribution < -0.4 is 0 Å². The van der Waals surface area contributed by atoms with Gasteiger partial charge in [0.25, 0.3) is 0 Å². The van der Waals surface area contributed by atoms with E-state index in [4.69, 9.17) is 0 Å². The second-order valence-corrected chi connectivity index (χ2v) is 5.72. The van der Waals surface area contributed by atoms with Crippen LogP contribution in [-0.4, -0.2) is 17.8 Å². The molecule has 2 atom stereocenters. The Morgan fingerprint density at radius 3 is 2.57 bits per heavy atom. The molecule has 0 nitrogen and oxygen atoms in total. The zero-order valence-corrected chi connectivity index (χ0v) is 6.38. The minimum Gasteiger partial charge on any atom is -0.171 e. The first kappa shape index (κ1) is 5.91. The molecule has 0 amide bonds. The summed E-state index contributed by atoms with van der Waals surface area (Å²) in [6, 6.07) is 0.